The van der Waals surface area contributed by atoms with Crippen molar-refractivity contribution < 1.29 is 13.2 Å². The van der Waals surface area contributed by atoms with E-state index in [2.05, 4.69) is 39.0 Å². The summed E-state index contributed by atoms with van der Waals surface area (Å²) in [5.74, 6) is -0.284. The van der Waals surface area contributed by atoms with Gasteiger partial charge in [0, 0.05) is 50.9 Å². The second kappa shape index (κ2) is 9.48. The number of carbonyl (C=O) groups excluding carboxylic acids is 1. The third-order valence-electron chi connectivity index (χ3n) is 5.75. The molecule has 166 valence electrons. The van der Waals surface area contributed by atoms with E-state index in [-0.39, 0.29) is 16.8 Å². The highest BCUT2D eigenvalue weighted by Crippen LogP contribution is 2.22. The van der Waals surface area contributed by atoms with Gasteiger partial charge >= 0.3 is 0 Å². The van der Waals surface area contributed by atoms with E-state index < -0.39 is 10.0 Å². The molecule has 2 fully saturated rings. The quantitative estimate of drug-likeness (QED) is 0.652. The highest BCUT2D eigenvalue weighted by Gasteiger charge is 2.28. The van der Waals surface area contributed by atoms with Crippen molar-refractivity contribution in [2.24, 2.45) is 0 Å². The van der Waals surface area contributed by atoms with E-state index in [4.69, 9.17) is 0 Å². The molecule has 2 aliphatic rings. The van der Waals surface area contributed by atoms with E-state index in [0.29, 0.717) is 12.1 Å². The smallest absolute Gasteiger partial charge is 0.251 e. The number of nitrogens with zero attached hydrogens (tertiary/aromatic N) is 2. The lowest BCUT2D eigenvalue weighted by Crippen LogP contribution is -2.43. The van der Waals surface area contributed by atoms with Crippen molar-refractivity contribution in [1.82, 2.24) is 19.8 Å². The first-order valence-corrected chi connectivity index (χ1v) is 12.3. The Bertz CT molecular complexity index is 1030. The number of nitrogens with one attached hydrogen (secondary N) is 2. The average Bonchev–Trinajstić information content (AvgIpc) is 3.57. The number of carbonyl (C=O) groups is 1. The van der Waals surface area contributed by atoms with Gasteiger partial charge in [0.1, 0.15) is 0 Å². The fourth-order valence-corrected chi connectivity index (χ4v) is 5.03. The van der Waals surface area contributed by atoms with Crippen molar-refractivity contribution in [3.8, 4) is 0 Å². The number of hydrogen-bond acceptors (Lipinski definition) is 5. The second-order valence-electron chi connectivity index (χ2n) is 8.51. The van der Waals surface area contributed by atoms with Crippen LogP contribution < -0.4 is 10.0 Å². The fraction of sp³-hybridized carbons (Fsp3) is 0.435. The van der Waals surface area contributed by atoms with Gasteiger partial charge in [0.15, 0.2) is 0 Å². The molecule has 1 amide bonds. The molecule has 1 aliphatic heterocycles. The normalized spacial score (nSPS) is 18.1. The molecule has 0 spiro atoms. The SMILES string of the molecule is CN1CCN(Cc2cccc(CNC(=O)c3cccc(S(=O)(=O)NC4CC4)c3)c2)CC1. The molecule has 1 aliphatic carbocycles. The summed E-state index contributed by atoms with van der Waals surface area (Å²) in [7, 11) is -1.43. The number of amides is 1. The average molecular weight is 443 g/mol. The maximum absolute atomic E-state index is 12.6. The highest BCUT2D eigenvalue weighted by atomic mass is 32.2. The van der Waals surface area contributed by atoms with E-state index in [1.54, 1.807) is 12.1 Å². The molecule has 31 heavy (non-hydrogen) atoms. The van der Waals surface area contributed by atoms with Crippen molar-refractivity contribution in [3.63, 3.8) is 0 Å². The maximum Gasteiger partial charge on any atom is 0.251 e. The van der Waals surface area contributed by atoms with Gasteiger partial charge in [0.2, 0.25) is 10.0 Å². The first kappa shape index (κ1) is 22.0. The van der Waals surface area contributed by atoms with Crippen LogP contribution in [-0.4, -0.2) is 63.4 Å². The molecular weight excluding hydrogens is 412 g/mol. The van der Waals surface area contributed by atoms with Crippen LogP contribution in [-0.2, 0) is 23.1 Å². The summed E-state index contributed by atoms with van der Waals surface area (Å²) >= 11 is 0. The lowest BCUT2D eigenvalue weighted by molar-refractivity contribution is 0.0950. The van der Waals surface area contributed by atoms with Crippen molar-refractivity contribution >= 4 is 15.9 Å². The standard InChI is InChI=1S/C23H30N4O3S/c1-26-10-12-27(13-11-26)17-19-5-2-4-18(14-19)16-24-23(28)20-6-3-7-22(15-20)31(29,30)25-21-8-9-21/h2-7,14-15,21,25H,8-13,16-17H2,1H3,(H,24,28). The van der Waals surface area contributed by atoms with Crippen LogP contribution in [0.5, 0.6) is 0 Å². The molecule has 0 radical (unpaired) electrons. The zero-order chi connectivity index (χ0) is 21.8. The molecule has 0 atom stereocenters. The molecule has 0 aromatic heterocycles. The van der Waals surface area contributed by atoms with E-state index in [1.165, 1.54) is 17.7 Å². The summed E-state index contributed by atoms with van der Waals surface area (Å²) in [5, 5.41) is 2.91. The molecule has 1 saturated heterocycles. The van der Waals surface area contributed by atoms with Gasteiger partial charge in [-0.15, -0.1) is 0 Å². The van der Waals surface area contributed by atoms with Gasteiger partial charge in [-0.05, 0) is 49.2 Å². The first-order chi connectivity index (χ1) is 14.9. The fourth-order valence-electron chi connectivity index (χ4n) is 3.68. The molecule has 0 unspecified atom stereocenters. The summed E-state index contributed by atoms with van der Waals surface area (Å²) in [5.41, 5.74) is 2.60. The number of sulfonamides is 1. The Balaban J connectivity index is 1.35. The van der Waals surface area contributed by atoms with Crippen LogP contribution in [0.25, 0.3) is 0 Å². The minimum absolute atomic E-state index is 0.0283. The summed E-state index contributed by atoms with van der Waals surface area (Å²) in [6.07, 6.45) is 1.74. The van der Waals surface area contributed by atoms with Gasteiger partial charge in [0.05, 0.1) is 4.90 Å². The van der Waals surface area contributed by atoms with Crippen molar-refractivity contribution in [1.29, 1.82) is 0 Å². The molecule has 7 nitrogen and oxygen atoms in total. The van der Waals surface area contributed by atoms with Crippen LogP contribution in [0.4, 0.5) is 0 Å². The molecule has 2 aromatic carbocycles. The summed E-state index contributed by atoms with van der Waals surface area (Å²) in [4.78, 5) is 17.5. The predicted molar refractivity (Wildman–Crippen MR) is 120 cm³/mol. The highest BCUT2D eigenvalue weighted by molar-refractivity contribution is 7.89. The molecule has 0 bridgehead atoms. The van der Waals surface area contributed by atoms with Crippen LogP contribution in [0.3, 0.4) is 0 Å². The predicted octanol–water partition coefficient (Wildman–Crippen LogP) is 1.80. The molecule has 1 heterocycles. The van der Waals surface area contributed by atoms with Crippen LogP contribution >= 0.6 is 0 Å². The van der Waals surface area contributed by atoms with E-state index in [9.17, 15) is 13.2 Å². The lowest BCUT2D eigenvalue weighted by Gasteiger charge is -2.32. The second-order valence-corrected chi connectivity index (χ2v) is 10.2. The number of hydrogen-bond donors (Lipinski definition) is 2. The number of piperazine rings is 1. The third kappa shape index (κ3) is 6.13. The Morgan fingerprint density at radius 2 is 1.71 bits per heavy atom. The Morgan fingerprint density at radius 1 is 1.00 bits per heavy atom. The van der Waals surface area contributed by atoms with Crippen molar-refractivity contribution in [2.75, 3.05) is 33.2 Å². The molecular formula is C23H30N4O3S. The van der Waals surface area contributed by atoms with Gasteiger partial charge in [-0.2, -0.15) is 0 Å². The Labute approximate surface area is 184 Å². The largest absolute Gasteiger partial charge is 0.348 e. The minimum Gasteiger partial charge on any atom is -0.348 e. The molecule has 8 heteroatoms. The van der Waals surface area contributed by atoms with Crippen LogP contribution in [0.15, 0.2) is 53.4 Å². The van der Waals surface area contributed by atoms with Crippen molar-refractivity contribution in [2.45, 2.75) is 36.9 Å². The van der Waals surface area contributed by atoms with Crippen LogP contribution in [0.1, 0.15) is 34.3 Å². The Hall–Kier alpha value is -2.26. The molecule has 1 saturated carbocycles. The maximum atomic E-state index is 12.6. The molecule has 2 N–H and O–H groups in total. The van der Waals surface area contributed by atoms with E-state index >= 15 is 0 Å². The van der Waals surface area contributed by atoms with E-state index in [1.807, 2.05) is 12.1 Å². The summed E-state index contributed by atoms with van der Waals surface area (Å²) in [6, 6.07) is 14.5. The summed E-state index contributed by atoms with van der Waals surface area (Å²) in [6.45, 7) is 5.59. The number of benzene rings is 2. The van der Waals surface area contributed by atoms with Gasteiger partial charge in [-0.3, -0.25) is 9.69 Å². The van der Waals surface area contributed by atoms with Crippen LogP contribution in [0.2, 0.25) is 0 Å². The first-order valence-electron chi connectivity index (χ1n) is 10.8. The van der Waals surface area contributed by atoms with E-state index in [0.717, 1.165) is 51.1 Å². The topological polar surface area (TPSA) is 81.8 Å². The minimum atomic E-state index is -3.58. The zero-order valence-corrected chi connectivity index (χ0v) is 18.7. The summed E-state index contributed by atoms with van der Waals surface area (Å²) < 4.78 is 27.5. The van der Waals surface area contributed by atoms with Crippen molar-refractivity contribution in [3.05, 3.63) is 65.2 Å². The van der Waals surface area contributed by atoms with Gasteiger partial charge in [-0.1, -0.05) is 30.3 Å². The number of rotatable bonds is 8. The Kier molecular flexibility index (Phi) is 6.71. The lowest BCUT2D eigenvalue weighted by atomic mass is 10.1. The number of likely N-dealkylation sites (N-methyl/N-ethyl adjacent to an activating group) is 1. The third-order valence-corrected chi connectivity index (χ3v) is 7.27. The monoisotopic (exact) mass is 442 g/mol. The molecule has 4 rings (SSSR count). The Morgan fingerprint density at radius 3 is 2.45 bits per heavy atom. The van der Waals surface area contributed by atoms with Gasteiger partial charge in [-0.25, -0.2) is 13.1 Å². The van der Waals surface area contributed by atoms with Gasteiger partial charge in [0.25, 0.3) is 5.91 Å². The van der Waals surface area contributed by atoms with Gasteiger partial charge < -0.3 is 10.2 Å². The zero-order valence-electron chi connectivity index (χ0n) is 17.9. The molecule has 2 aromatic rings. The van der Waals surface area contributed by atoms with Crippen LogP contribution in [0, 0.1) is 0 Å².